The van der Waals surface area contributed by atoms with Crippen LogP contribution in [0.5, 0.6) is 0 Å². The molecule has 1 atom stereocenters. The van der Waals surface area contributed by atoms with Crippen LogP contribution < -0.4 is 4.72 Å². The lowest BCUT2D eigenvalue weighted by molar-refractivity contribution is -0.0669. The van der Waals surface area contributed by atoms with E-state index in [2.05, 4.69) is 4.72 Å². The van der Waals surface area contributed by atoms with Crippen molar-refractivity contribution in [3.63, 3.8) is 0 Å². The molecule has 0 saturated carbocycles. The minimum Gasteiger partial charge on any atom is -0.598 e. The molecule has 5 nitrogen and oxygen atoms in total. The van der Waals surface area contributed by atoms with Crippen LogP contribution in [0, 0.1) is 6.92 Å². The van der Waals surface area contributed by atoms with Gasteiger partial charge in [-0.05, 0) is 51.0 Å². The third kappa shape index (κ3) is 3.23. The van der Waals surface area contributed by atoms with Crippen molar-refractivity contribution in [2.24, 2.45) is 0 Å². The largest absolute Gasteiger partial charge is 0.598 e. The number of hydrogen-bond donors (Lipinski definition) is 2. The SMILES string of the molecule is Cc1cc(C(=O)O)ccc1C1(N[S+]([O-])C(C)(C)C)COC1. The van der Waals surface area contributed by atoms with Crippen LogP contribution in [0.15, 0.2) is 18.2 Å². The van der Waals surface area contributed by atoms with Gasteiger partial charge in [0.25, 0.3) is 0 Å². The van der Waals surface area contributed by atoms with Crippen molar-refractivity contribution in [2.75, 3.05) is 13.2 Å². The van der Waals surface area contributed by atoms with Crippen molar-refractivity contribution in [2.45, 2.75) is 38.0 Å². The second kappa shape index (κ2) is 5.61. The van der Waals surface area contributed by atoms with Crippen LogP contribution >= 0.6 is 0 Å². The zero-order chi connectivity index (χ0) is 15.8. The first kappa shape index (κ1) is 16.3. The molecule has 0 aliphatic carbocycles. The standard InChI is InChI=1S/C15H21NO4S/c1-10-7-11(13(17)18)5-6-12(10)15(8-20-9-15)16-21(19)14(2,3)4/h5-7,16H,8-9H2,1-4H3,(H,17,18). The van der Waals surface area contributed by atoms with Crippen molar-refractivity contribution in [1.29, 1.82) is 0 Å². The lowest BCUT2D eigenvalue weighted by atomic mass is 9.85. The first-order valence-corrected chi connectivity index (χ1v) is 7.92. The molecule has 1 aliphatic heterocycles. The lowest BCUT2D eigenvalue weighted by Gasteiger charge is -2.44. The molecule has 1 aromatic carbocycles. The highest BCUT2D eigenvalue weighted by atomic mass is 32.2. The molecule has 2 N–H and O–H groups in total. The molecule has 21 heavy (non-hydrogen) atoms. The molecule has 1 heterocycles. The Morgan fingerprint density at radius 1 is 1.43 bits per heavy atom. The van der Waals surface area contributed by atoms with Crippen LogP contribution in [0.4, 0.5) is 0 Å². The summed E-state index contributed by atoms with van der Waals surface area (Å²) in [6, 6.07) is 5.00. The molecule has 6 heteroatoms. The van der Waals surface area contributed by atoms with Gasteiger partial charge in [-0.25, -0.2) is 4.79 Å². The van der Waals surface area contributed by atoms with E-state index in [-0.39, 0.29) is 10.3 Å². The molecule has 0 radical (unpaired) electrons. The first-order chi connectivity index (χ1) is 9.66. The smallest absolute Gasteiger partial charge is 0.335 e. The fraction of sp³-hybridized carbons (Fsp3) is 0.533. The van der Waals surface area contributed by atoms with E-state index in [0.717, 1.165) is 11.1 Å². The summed E-state index contributed by atoms with van der Waals surface area (Å²) in [6.07, 6.45) is 0. The van der Waals surface area contributed by atoms with Crippen molar-refractivity contribution in [1.82, 2.24) is 4.72 Å². The molecule has 116 valence electrons. The molecule has 1 saturated heterocycles. The molecule has 1 fully saturated rings. The van der Waals surface area contributed by atoms with E-state index in [0.29, 0.717) is 13.2 Å². The molecule has 1 unspecified atom stereocenters. The zero-order valence-electron chi connectivity index (χ0n) is 12.7. The van der Waals surface area contributed by atoms with Crippen LogP contribution in [0.25, 0.3) is 0 Å². The lowest BCUT2D eigenvalue weighted by Crippen LogP contribution is -2.62. The Hall–Kier alpha value is -1.08. The average molecular weight is 311 g/mol. The molecular weight excluding hydrogens is 290 g/mol. The summed E-state index contributed by atoms with van der Waals surface area (Å²) in [7, 11) is 0. The Kier molecular flexibility index (Phi) is 4.35. The topological polar surface area (TPSA) is 81.6 Å². The monoisotopic (exact) mass is 311 g/mol. The Morgan fingerprint density at radius 3 is 2.43 bits per heavy atom. The van der Waals surface area contributed by atoms with Crippen LogP contribution in [0.1, 0.15) is 42.3 Å². The van der Waals surface area contributed by atoms with Gasteiger partial charge in [0.05, 0.1) is 18.8 Å². The maximum absolute atomic E-state index is 12.4. The summed E-state index contributed by atoms with van der Waals surface area (Å²) in [5, 5.41) is 9.04. The number of nitrogens with one attached hydrogen (secondary N) is 1. The van der Waals surface area contributed by atoms with E-state index >= 15 is 0 Å². The third-order valence-corrected chi connectivity index (χ3v) is 5.22. The minimum absolute atomic E-state index is 0.253. The molecule has 2 rings (SSSR count). The molecule has 1 aliphatic rings. The number of rotatable bonds is 4. The van der Waals surface area contributed by atoms with Crippen molar-refractivity contribution < 1.29 is 19.2 Å². The summed E-state index contributed by atoms with van der Waals surface area (Å²) in [5.41, 5.74) is 1.55. The summed E-state index contributed by atoms with van der Waals surface area (Å²) in [5.74, 6) is -0.949. The van der Waals surface area contributed by atoms with E-state index in [1.807, 2.05) is 27.7 Å². The van der Waals surface area contributed by atoms with E-state index in [1.165, 1.54) is 0 Å². The number of carboxylic acid groups (broad SMARTS) is 1. The van der Waals surface area contributed by atoms with E-state index in [4.69, 9.17) is 9.84 Å². The number of benzene rings is 1. The third-order valence-electron chi connectivity index (χ3n) is 3.53. The number of aromatic carboxylic acids is 1. The van der Waals surface area contributed by atoms with Gasteiger partial charge in [-0.2, -0.15) is 0 Å². The van der Waals surface area contributed by atoms with Gasteiger partial charge in [0.2, 0.25) is 0 Å². The number of carbonyl (C=O) groups is 1. The Morgan fingerprint density at radius 2 is 2.05 bits per heavy atom. The van der Waals surface area contributed by atoms with Crippen molar-refractivity contribution >= 4 is 17.3 Å². The Balaban J connectivity index is 2.31. The van der Waals surface area contributed by atoms with E-state index < -0.39 is 22.9 Å². The van der Waals surface area contributed by atoms with Crippen LogP contribution in [0.3, 0.4) is 0 Å². The van der Waals surface area contributed by atoms with Gasteiger partial charge in [-0.1, -0.05) is 6.07 Å². The fourth-order valence-corrected chi connectivity index (χ4v) is 3.13. The summed E-state index contributed by atoms with van der Waals surface area (Å²) >= 11 is -1.22. The molecule has 0 bridgehead atoms. The van der Waals surface area contributed by atoms with Gasteiger partial charge in [-0.3, -0.25) is 0 Å². The molecular formula is C15H21NO4S. The van der Waals surface area contributed by atoms with Gasteiger partial charge in [-0.15, -0.1) is 4.72 Å². The molecule has 1 aromatic rings. The van der Waals surface area contributed by atoms with Crippen molar-refractivity contribution in [3.05, 3.63) is 34.9 Å². The highest BCUT2D eigenvalue weighted by Crippen LogP contribution is 2.34. The Bertz CT molecular complexity index is 549. The fourth-order valence-electron chi connectivity index (χ4n) is 2.24. The second-order valence-electron chi connectivity index (χ2n) is 6.39. The summed E-state index contributed by atoms with van der Waals surface area (Å²) in [6.45, 7) is 8.45. The highest BCUT2D eigenvalue weighted by Gasteiger charge is 2.47. The second-order valence-corrected chi connectivity index (χ2v) is 8.36. The maximum Gasteiger partial charge on any atom is 0.335 e. The Labute approximate surface area is 128 Å². The first-order valence-electron chi connectivity index (χ1n) is 6.78. The normalized spacial score (nSPS) is 18.9. The van der Waals surface area contributed by atoms with Gasteiger partial charge in [0, 0.05) is 11.4 Å². The van der Waals surface area contributed by atoms with Gasteiger partial charge < -0.3 is 14.4 Å². The van der Waals surface area contributed by atoms with Gasteiger partial charge in [0.15, 0.2) is 0 Å². The predicted molar refractivity (Wildman–Crippen MR) is 81.7 cm³/mol. The van der Waals surface area contributed by atoms with Crippen molar-refractivity contribution in [3.8, 4) is 0 Å². The zero-order valence-corrected chi connectivity index (χ0v) is 13.5. The van der Waals surface area contributed by atoms with Crippen LogP contribution in [-0.4, -0.2) is 33.6 Å². The number of hydrogen-bond acceptors (Lipinski definition) is 4. The maximum atomic E-state index is 12.4. The van der Waals surface area contributed by atoms with Gasteiger partial charge in [0.1, 0.15) is 10.3 Å². The van der Waals surface area contributed by atoms with Gasteiger partial charge >= 0.3 is 5.97 Å². The number of carboxylic acids is 1. The molecule has 0 spiro atoms. The highest BCUT2D eigenvalue weighted by molar-refractivity contribution is 7.90. The minimum atomic E-state index is -1.22. The quantitative estimate of drug-likeness (QED) is 0.831. The van der Waals surface area contributed by atoms with Crippen LogP contribution in [-0.2, 0) is 21.6 Å². The predicted octanol–water partition coefficient (Wildman–Crippen LogP) is 1.97. The summed E-state index contributed by atoms with van der Waals surface area (Å²) in [4.78, 5) is 11.0. The average Bonchev–Trinajstić information content (AvgIpc) is 2.32. The van der Waals surface area contributed by atoms with E-state index in [1.54, 1.807) is 18.2 Å². The number of aryl methyl sites for hydroxylation is 1. The van der Waals surface area contributed by atoms with Crippen LogP contribution in [0.2, 0.25) is 0 Å². The summed E-state index contributed by atoms with van der Waals surface area (Å²) < 4.78 is 20.5. The molecule has 0 amide bonds. The number of ether oxygens (including phenoxy) is 1. The van der Waals surface area contributed by atoms with E-state index in [9.17, 15) is 9.35 Å². The molecule has 0 aromatic heterocycles.